The number of benzene rings is 3. The summed E-state index contributed by atoms with van der Waals surface area (Å²) < 4.78 is 5.88. The van der Waals surface area contributed by atoms with Gasteiger partial charge in [0.25, 0.3) is 0 Å². The molecule has 0 atom stereocenters. The molecule has 3 rings (SSSR count). The van der Waals surface area contributed by atoms with Crippen molar-refractivity contribution in [2.45, 2.75) is 26.4 Å². The molecule has 146 valence electrons. The lowest BCUT2D eigenvalue weighted by Gasteiger charge is -2.20. The van der Waals surface area contributed by atoms with Crippen LogP contribution in [0.2, 0.25) is 0 Å². The summed E-state index contributed by atoms with van der Waals surface area (Å²) in [6.45, 7) is 5.93. The van der Waals surface area contributed by atoms with E-state index >= 15 is 0 Å². The van der Waals surface area contributed by atoms with Gasteiger partial charge in [0, 0.05) is 13.1 Å². The zero-order valence-corrected chi connectivity index (χ0v) is 16.7. The Morgan fingerprint density at radius 1 is 0.750 bits per heavy atom. The molecule has 3 heteroatoms. The molecule has 2 N–H and O–H groups in total. The minimum atomic E-state index is 0.535. The minimum Gasteiger partial charge on any atom is -0.487 e. The smallest absolute Gasteiger partial charge is 0.142 e. The zero-order valence-electron chi connectivity index (χ0n) is 16.7. The molecule has 0 saturated carbocycles. The SMILES string of the molecule is CCN(CCc1ccccc1)CCc1ccc(OCc2ccccc2)c(N)c1. The average molecular weight is 375 g/mol. The number of rotatable bonds is 10. The molecule has 0 spiro atoms. The largest absolute Gasteiger partial charge is 0.487 e. The van der Waals surface area contributed by atoms with E-state index in [0.29, 0.717) is 12.3 Å². The molecule has 0 aromatic heterocycles. The quantitative estimate of drug-likeness (QED) is 0.510. The second kappa shape index (κ2) is 10.5. The molecule has 0 unspecified atom stereocenters. The van der Waals surface area contributed by atoms with Gasteiger partial charge >= 0.3 is 0 Å². The van der Waals surface area contributed by atoms with E-state index in [1.54, 1.807) is 0 Å². The first-order chi connectivity index (χ1) is 13.7. The predicted octanol–water partition coefficient (Wildman–Crippen LogP) is 4.95. The Labute approximate surface area is 168 Å². The summed E-state index contributed by atoms with van der Waals surface area (Å²) in [4.78, 5) is 2.49. The van der Waals surface area contributed by atoms with Crippen molar-refractivity contribution < 1.29 is 4.74 Å². The Bertz CT molecular complexity index is 834. The molecule has 0 aliphatic carbocycles. The second-order valence-corrected chi connectivity index (χ2v) is 7.07. The molecule has 28 heavy (non-hydrogen) atoms. The Balaban J connectivity index is 1.49. The number of nitrogens with two attached hydrogens (primary N) is 1. The van der Waals surface area contributed by atoms with E-state index < -0.39 is 0 Å². The number of nitrogen functional groups attached to an aromatic ring is 1. The maximum atomic E-state index is 6.22. The summed E-state index contributed by atoms with van der Waals surface area (Å²) in [5.74, 6) is 0.754. The van der Waals surface area contributed by atoms with Gasteiger partial charge in [0.2, 0.25) is 0 Å². The summed E-state index contributed by atoms with van der Waals surface area (Å²) >= 11 is 0. The lowest BCUT2D eigenvalue weighted by molar-refractivity contribution is 0.295. The number of ether oxygens (including phenoxy) is 1. The van der Waals surface area contributed by atoms with Gasteiger partial charge in [-0.2, -0.15) is 0 Å². The van der Waals surface area contributed by atoms with Crippen LogP contribution in [-0.4, -0.2) is 24.5 Å². The molecule has 0 saturated heterocycles. The predicted molar refractivity (Wildman–Crippen MR) is 118 cm³/mol. The molecule has 3 nitrogen and oxygen atoms in total. The number of nitrogens with zero attached hydrogens (tertiary/aromatic N) is 1. The lowest BCUT2D eigenvalue weighted by Crippen LogP contribution is -2.28. The van der Waals surface area contributed by atoms with E-state index in [4.69, 9.17) is 10.5 Å². The highest BCUT2D eigenvalue weighted by atomic mass is 16.5. The maximum Gasteiger partial charge on any atom is 0.142 e. The molecule has 0 bridgehead atoms. The van der Waals surface area contributed by atoms with Gasteiger partial charge in [-0.25, -0.2) is 0 Å². The number of hydrogen-bond acceptors (Lipinski definition) is 3. The van der Waals surface area contributed by atoms with Gasteiger partial charge < -0.3 is 15.4 Å². The maximum absolute atomic E-state index is 6.22. The summed E-state index contributed by atoms with van der Waals surface area (Å²) in [5.41, 5.74) is 10.7. The number of hydrogen-bond donors (Lipinski definition) is 1. The van der Waals surface area contributed by atoms with Crippen LogP contribution in [0, 0.1) is 0 Å². The highest BCUT2D eigenvalue weighted by Crippen LogP contribution is 2.24. The fourth-order valence-corrected chi connectivity index (χ4v) is 3.27. The van der Waals surface area contributed by atoms with Gasteiger partial charge in [-0.3, -0.25) is 0 Å². The first-order valence-electron chi connectivity index (χ1n) is 10.1. The normalized spacial score (nSPS) is 10.9. The lowest BCUT2D eigenvalue weighted by atomic mass is 10.1. The van der Waals surface area contributed by atoms with Crippen LogP contribution in [0.4, 0.5) is 5.69 Å². The zero-order chi connectivity index (χ0) is 19.6. The van der Waals surface area contributed by atoms with Crippen molar-refractivity contribution in [1.29, 1.82) is 0 Å². The molecule has 3 aromatic rings. The topological polar surface area (TPSA) is 38.5 Å². The van der Waals surface area contributed by atoms with Crippen LogP contribution >= 0.6 is 0 Å². The highest BCUT2D eigenvalue weighted by molar-refractivity contribution is 5.54. The van der Waals surface area contributed by atoms with Crippen molar-refractivity contribution >= 4 is 5.69 Å². The molecule has 0 fully saturated rings. The molecule has 0 radical (unpaired) electrons. The van der Waals surface area contributed by atoms with Gasteiger partial charge in [-0.1, -0.05) is 73.7 Å². The van der Waals surface area contributed by atoms with Crippen LogP contribution in [-0.2, 0) is 19.4 Å². The van der Waals surface area contributed by atoms with Crippen LogP contribution in [0.15, 0.2) is 78.9 Å². The van der Waals surface area contributed by atoms with Crippen molar-refractivity contribution in [3.63, 3.8) is 0 Å². The van der Waals surface area contributed by atoms with E-state index in [1.165, 1.54) is 11.1 Å². The number of likely N-dealkylation sites (N-methyl/N-ethyl adjacent to an activating group) is 1. The summed E-state index contributed by atoms with van der Waals surface area (Å²) in [6.07, 6.45) is 2.08. The van der Waals surface area contributed by atoms with E-state index in [9.17, 15) is 0 Å². The van der Waals surface area contributed by atoms with Crippen molar-refractivity contribution in [2.24, 2.45) is 0 Å². The summed E-state index contributed by atoms with van der Waals surface area (Å²) in [7, 11) is 0. The third-order valence-electron chi connectivity index (χ3n) is 5.03. The van der Waals surface area contributed by atoms with Crippen LogP contribution in [0.25, 0.3) is 0 Å². The van der Waals surface area contributed by atoms with Gasteiger partial charge in [0.05, 0.1) is 5.69 Å². The highest BCUT2D eigenvalue weighted by Gasteiger charge is 2.06. The van der Waals surface area contributed by atoms with Gasteiger partial charge in [0.15, 0.2) is 0 Å². The fourth-order valence-electron chi connectivity index (χ4n) is 3.27. The molecule has 0 aliphatic rings. The summed E-state index contributed by atoms with van der Waals surface area (Å²) in [5, 5.41) is 0. The van der Waals surface area contributed by atoms with Crippen LogP contribution in [0.3, 0.4) is 0 Å². The Hall–Kier alpha value is -2.78. The van der Waals surface area contributed by atoms with Crippen molar-refractivity contribution in [1.82, 2.24) is 4.90 Å². The standard InChI is InChI=1S/C25H30N2O/c1-2-27(17-15-21-9-5-3-6-10-21)18-16-22-13-14-25(24(26)19-22)28-20-23-11-7-4-8-12-23/h3-14,19H,2,15-18,20,26H2,1H3. The average Bonchev–Trinajstić information content (AvgIpc) is 2.74. The van der Waals surface area contributed by atoms with E-state index in [2.05, 4.69) is 60.4 Å². The van der Waals surface area contributed by atoms with Crippen molar-refractivity contribution in [3.05, 3.63) is 95.6 Å². The van der Waals surface area contributed by atoms with E-state index in [0.717, 1.165) is 43.8 Å². The molecular formula is C25H30N2O. The third kappa shape index (κ3) is 6.14. The van der Waals surface area contributed by atoms with E-state index in [-0.39, 0.29) is 0 Å². The van der Waals surface area contributed by atoms with Gasteiger partial charge in [0.1, 0.15) is 12.4 Å². The third-order valence-corrected chi connectivity index (χ3v) is 5.03. The fraction of sp³-hybridized carbons (Fsp3) is 0.280. The van der Waals surface area contributed by atoms with Crippen LogP contribution in [0.1, 0.15) is 23.6 Å². The monoisotopic (exact) mass is 374 g/mol. The molecule has 3 aromatic carbocycles. The molecule has 0 heterocycles. The summed E-state index contributed by atoms with van der Waals surface area (Å²) in [6, 6.07) is 27.0. The van der Waals surface area contributed by atoms with Gasteiger partial charge in [-0.15, -0.1) is 0 Å². The van der Waals surface area contributed by atoms with Crippen LogP contribution < -0.4 is 10.5 Å². The first kappa shape index (κ1) is 20.0. The molecule has 0 amide bonds. The second-order valence-electron chi connectivity index (χ2n) is 7.07. The Morgan fingerprint density at radius 2 is 1.36 bits per heavy atom. The molecule has 0 aliphatic heterocycles. The van der Waals surface area contributed by atoms with E-state index in [1.807, 2.05) is 30.3 Å². The Morgan fingerprint density at radius 3 is 1.96 bits per heavy atom. The first-order valence-corrected chi connectivity index (χ1v) is 10.1. The van der Waals surface area contributed by atoms with Crippen molar-refractivity contribution in [3.8, 4) is 5.75 Å². The van der Waals surface area contributed by atoms with Gasteiger partial charge in [-0.05, 0) is 48.2 Å². The van der Waals surface area contributed by atoms with Crippen molar-refractivity contribution in [2.75, 3.05) is 25.4 Å². The molecular weight excluding hydrogens is 344 g/mol. The minimum absolute atomic E-state index is 0.535. The number of anilines is 1. The van der Waals surface area contributed by atoms with Crippen LogP contribution in [0.5, 0.6) is 5.75 Å². The Kier molecular flexibility index (Phi) is 7.51.